The first-order valence-corrected chi connectivity index (χ1v) is 3.63. The molecule has 1 atom stereocenters. The molecule has 0 radical (unpaired) electrons. The molecule has 0 aromatic rings. The largest absolute Gasteiger partial charge is 0.327 e. The minimum Gasteiger partial charge on any atom is -0.327 e. The first-order chi connectivity index (χ1) is 4.93. The Morgan fingerprint density at radius 3 is 2.09 bits per heavy atom. The van der Waals surface area contributed by atoms with Crippen LogP contribution in [0.2, 0.25) is 0 Å². The minimum absolute atomic E-state index is 0.132. The van der Waals surface area contributed by atoms with Gasteiger partial charge in [-0.25, -0.2) is 0 Å². The van der Waals surface area contributed by atoms with Gasteiger partial charge in [0.25, 0.3) is 0 Å². The van der Waals surface area contributed by atoms with Gasteiger partial charge in [-0.2, -0.15) is 0 Å². The second-order valence-corrected chi connectivity index (χ2v) is 3.53. The van der Waals surface area contributed by atoms with Crippen molar-refractivity contribution < 1.29 is 4.79 Å². The maximum absolute atomic E-state index is 10.6. The van der Waals surface area contributed by atoms with E-state index < -0.39 is 0 Å². The average Bonchev–Trinajstić information content (AvgIpc) is 1.86. The van der Waals surface area contributed by atoms with Crippen LogP contribution in [0.1, 0.15) is 27.7 Å². The van der Waals surface area contributed by atoms with Gasteiger partial charge < -0.3 is 4.90 Å². The predicted molar refractivity (Wildman–Crippen MR) is 46.0 cm³/mol. The van der Waals surface area contributed by atoms with Gasteiger partial charge in [0.1, 0.15) is 0 Å². The lowest BCUT2D eigenvalue weighted by molar-refractivity contribution is -0.123. The smallest absolute Gasteiger partial charge is 0.211 e. The Balaban J connectivity index is 4.44. The number of amides is 1. The van der Waals surface area contributed by atoms with Gasteiger partial charge in [0.15, 0.2) is 0 Å². The molecule has 0 saturated heterocycles. The number of hydrogen-bond donors (Lipinski definition) is 0. The molecule has 0 N–H and O–H groups in total. The first kappa shape index (κ1) is 10.0. The van der Waals surface area contributed by atoms with Crippen LogP contribution in [-0.2, 0) is 4.79 Å². The van der Waals surface area contributed by atoms with Gasteiger partial charge >= 0.3 is 0 Å². The molecule has 0 aromatic carbocycles. The topological polar surface area (TPSA) is 20.3 Å². The van der Waals surface area contributed by atoms with Crippen LogP contribution in [0.5, 0.6) is 0 Å². The molecule has 0 aromatic heterocycles. The van der Waals surface area contributed by atoms with Crippen molar-refractivity contribution in [2.45, 2.75) is 39.3 Å². The monoisotopic (exact) mass is 153 g/mol. The fourth-order valence-electron chi connectivity index (χ4n) is 0.911. The Morgan fingerprint density at radius 1 is 1.55 bits per heavy atom. The maximum Gasteiger partial charge on any atom is 0.211 e. The van der Waals surface area contributed by atoms with Gasteiger partial charge in [0.2, 0.25) is 6.41 Å². The molecule has 0 rings (SSSR count). The van der Waals surface area contributed by atoms with Gasteiger partial charge in [-0.15, -0.1) is 6.42 Å². The highest BCUT2D eigenvalue weighted by atomic mass is 16.1. The molecule has 0 bridgehead atoms. The standard InChI is InChI=1S/C9H15NO/c1-6-8(2)10(7-11)9(3,4)5/h1,7-8H,2-5H3. The molecule has 0 spiro atoms. The molecule has 2 nitrogen and oxygen atoms in total. The normalized spacial score (nSPS) is 13.4. The number of rotatable bonds is 2. The summed E-state index contributed by atoms with van der Waals surface area (Å²) in [5, 5.41) is 0. The van der Waals surface area contributed by atoms with E-state index in [0.717, 1.165) is 6.41 Å². The van der Waals surface area contributed by atoms with Crippen molar-refractivity contribution in [2.24, 2.45) is 0 Å². The van der Waals surface area contributed by atoms with Crippen molar-refractivity contribution in [3.8, 4) is 12.3 Å². The Morgan fingerprint density at radius 2 is 2.00 bits per heavy atom. The Labute approximate surface area is 68.6 Å². The fourth-order valence-corrected chi connectivity index (χ4v) is 0.911. The van der Waals surface area contributed by atoms with Crippen molar-refractivity contribution >= 4 is 6.41 Å². The van der Waals surface area contributed by atoms with E-state index in [1.165, 1.54) is 0 Å². The molecule has 0 aliphatic carbocycles. The highest BCUT2D eigenvalue weighted by molar-refractivity contribution is 5.50. The summed E-state index contributed by atoms with van der Waals surface area (Å²) in [5.74, 6) is 2.52. The summed E-state index contributed by atoms with van der Waals surface area (Å²) in [4.78, 5) is 12.2. The van der Waals surface area contributed by atoms with Gasteiger partial charge in [-0.3, -0.25) is 4.79 Å². The zero-order valence-corrected chi connectivity index (χ0v) is 7.59. The Kier molecular flexibility index (Phi) is 3.13. The predicted octanol–water partition coefficient (Wildman–Crippen LogP) is 1.27. The van der Waals surface area contributed by atoms with E-state index in [0.29, 0.717) is 0 Å². The lowest BCUT2D eigenvalue weighted by atomic mass is 10.1. The summed E-state index contributed by atoms with van der Waals surface area (Å²) >= 11 is 0. The molecule has 1 unspecified atom stereocenters. The third-order valence-electron chi connectivity index (χ3n) is 1.55. The van der Waals surface area contributed by atoms with E-state index in [9.17, 15) is 4.79 Å². The molecule has 1 amide bonds. The third kappa shape index (κ3) is 2.63. The number of carbonyl (C=O) groups is 1. The van der Waals surface area contributed by atoms with Crippen LogP contribution in [-0.4, -0.2) is 22.9 Å². The number of terminal acetylenes is 1. The summed E-state index contributed by atoms with van der Waals surface area (Å²) in [6, 6.07) is -0.132. The Hall–Kier alpha value is -0.970. The van der Waals surface area contributed by atoms with Crippen molar-refractivity contribution in [1.29, 1.82) is 0 Å². The molecule has 0 saturated carbocycles. The van der Waals surface area contributed by atoms with Crippen LogP contribution >= 0.6 is 0 Å². The van der Waals surface area contributed by atoms with Crippen LogP contribution < -0.4 is 0 Å². The number of carbonyl (C=O) groups excluding carboxylic acids is 1. The minimum atomic E-state index is -0.187. The molecule has 62 valence electrons. The number of hydrogen-bond acceptors (Lipinski definition) is 1. The molecule has 2 heteroatoms. The van der Waals surface area contributed by atoms with E-state index in [1.807, 2.05) is 27.7 Å². The molecule has 0 heterocycles. The van der Waals surface area contributed by atoms with E-state index in [1.54, 1.807) is 4.90 Å². The zero-order chi connectivity index (χ0) is 9.07. The van der Waals surface area contributed by atoms with E-state index >= 15 is 0 Å². The second-order valence-electron chi connectivity index (χ2n) is 3.53. The average molecular weight is 153 g/mol. The van der Waals surface area contributed by atoms with Gasteiger partial charge in [0.05, 0.1) is 6.04 Å². The first-order valence-electron chi connectivity index (χ1n) is 3.63. The van der Waals surface area contributed by atoms with E-state index in [2.05, 4.69) is 5.92 Å². The summed E-state index contributed by atoms with van der Waals surface area (Å²) in [5.41, 5.74) is -0.187. The molecule has 0 aliphatic rings. The fraction of sp³-hybridized carbons (Fsp3) is 0.667. The second kappa shape index (κ2) is 3.43. The molecule has 0 fully saturated rings. The summed E-state index contributed by atoms with van der Waals surface area (Å²) < 4.78 is 0. The van der Waals surface area contributed by atoms with Crippen LogP contribution in [0.25, 0.3) is 0 Å². The zero-order valence-electron chi connectivity index (χ0n) is 7.59. The SMILES string of the molecule is C#CC(C)N(C=O)C(C)(C)C. The van der Waals surface area contributed by atoms with E-state index in [4.69, 9.17) is 6.42 Å². The molecular weight excluding hydrogens is 138 g/mol. The highest BCUT2D eigenvalue weighted by Crippen LogP contribution is 2.13. The van der Waals surface area contributed by atoms with Crippen molar-refractivity contribution in [3.63, 3.8) is 0 Å². The summed E-state index contributed by atoms with van der Waals surface area (Å²) in [7, 11) is 0. The Bertz CT molecular complexity index is 173. The van der Waals surface area contributed by atoms with Crippen LogP contribution in [0, 0.1) is 12.3 Å². The summed E-state index contributed by atoms with van der Waals surface area (Å²) in [6.07, 6.45) is 5.99. The van der Waals surface area contributed by atoms with Gasteiger partial charge in [-0.1, -0.05) is 5.92 Å². The van der Waals surface area contributed by atoms with Crippen LogP contribution in [0.3, 0.4) is 0 Å². The van der Waals surface area contributed by atoms with Crippen LogP contribution in [0.4, 0.5) is 0 Å². The van der Waals surface area contributed by atoms with Crippen molar-refractivity contribution in [2.75, 3.05) is 0 Å². The van der Waals surface area contributed by atoms with Crippen molar-refractivity contribution in [3.05, 3.63) is 0 Å². The summed E-state index contributed by atoms with van der Waals surface area (Å²) in [6.45, 7) is 7.69. The highest BCUT2D eigenvalue weighted by Gasteiger charge is 2.22. The maximum atomic E-state index is 10.6. The molecule has 0 aliphatic heterocycles. The molecule has 11 heavy (non-hydrogen) atoms. The lowest BCUT2D eigenvalue weighted by Crippen LogP contribution is -2.45. The van der Waals surface area contributed by atoms with Gasteiger partial charge in [0, 0.05) is 5.54 Å². The molecular formula is C9H15NO. The van der Waals surface area contributed by atoms with Crippen molar-refractivity contribution in [1.82, 2.24) is 4.90 Å². The lowest BCUT2D eigenvalue weighted by Gasteiger charge is -2.34. The van der Waals surface area contributed by atoms with E-state index in [-0.39, 0.29) is 11.6 Å². The number of nitrogens with zero attached hydrogens (tertiary/aromatic N) is 1. The quantitative estimate of drug-likeness (QED) is 0.432. The third-order valence-corrected chi connectivity index (χ3v) is 1.55. The van der Waals surface area contributed by atoms with Gasteiger partial charge in [-0.05, 0) is 27.7 Å². The van der Waals surface area contributed by atoms with Crippen LogP contribution in [0.15, 0.2) is 0 Å².